The smallest absolute Gasteiger partial charge is 0.00703 e. The lowest BCUT2D eigenvalue weighted by molar-refractivity contribution is 0.479. The third-order valence-corrected chi connectivity index (χ3v) is 3.34. The van der Waals surface area contributed by atoms with Crippen molar-refractivity contribution < 1.29 is 0 Å². The highest BCUT2D eigenvalue weighted by molar-refractivity contribution is 5.22. The monoisotopic (exact) mass is 189 g/mol. The molecule has 14 heavy (non-hydrogen) atoms. The van der Waals surface area contributed by atoms with E-state index in [1.165, 1.54) is 36.8 Å². The van der Waals surface area contributed by atoms with Gasteiger partial charge < -0.3 is 5.73 Å². The van der Waals surface area contributed by atoms with Crippen molar-refractivity contribution in [1.82, 2.24) is 0 Å². The number of benzene rings is 1. The molecule has 1 aromatic rings. The van der Waals surface area contributed by atoms with Gasteiger partial charge in [0.1, 0.15) is 0 Å². The Morgan fingerprint density at radius 3 is 2.50 bits per heavy atom. The predicted molar refractivity (Wildman–Crippen MR) is 60.2 cm³/mol. The van der Waals surface area contributed by atoms with Gasteiger partial charge in [-0.15, -0.1) is 0 Å². The van der Waals surface area contributed by atoms with Gasteiger partial charge in [-0.2, -0.15) is 0 Å². The van der Waals surface area contributed by atoms with Crippen LogP contribution in [0.25, 0.3) is 0 Å². The van der Waals surface area contributed by atoms with Crippen molar-refractivity contribution in [1.29, 1.82) is 0 Å². The molecular weight excluding hydrogens is 170 g/mol. The zero-order chi connectivity index (χ0) is 9.97. The Morgan fingerprint density at radius 2 is 1.93 bits per heavy atom. The van der Waals surface area contributed by atoms with Gasteiger partial charge in [0.25, 0.3) is 0 Å². The molecule has 0 heterocycles. The first-order valence-electron chi connectivity index (χ1n) is 5.57. The number of aryl methyl sites for hydroxylation is 1. The molecule has 1 fully saturated rings. The fraction of sp³-hybridized carbons (Fsp3) is 0.538. The molecule has 0 spiro atoms. The Labute approximate surface area is 86.3 Å². The van der Waals surface area contributed by atoms with E-state index in [2.05, 4.69) is 31.2 Å². The summed E-state index contributed by atoms with van der Waals surface area (Å²) < 4.78 is 0. The molecule has 2 N–H and O–H groups in total. The molecule has 0 aromatic heterocycles. The third-order valence-electron chi connectivity index (χ3n) is 3.34. The second-order valence-corrected chi connectivity index (χ2v) is 4.54. The lowest BCUT2D eigenvalue weighted by Gasteiger charge is -2.15. The van der Waals surface area contributed by atoms with E-state index in [1.54, 1.807) is 0 Å². The maximum absolute atomic E-state index is 6.06. The van der Waals surface area contributed by atoms with Crippen LogP contribution in [0.4, 0.5) is 0 Å². The minimum Gasteiger partial charge on any atom is -0.327 e. The number of nitrogens with two attached hydrogens (primary N) is 1. The summed E-state index contributed by atoms with van der Waals surface area (Å²) in [5.41, 5.74) is 8.84. The summed E-state index contributed by atoms with van der Waals surface area (Å²) in [5.74, 6) is 0.720. The summed E-state index contributed by atoms with van der Waals surface area (Å²) in [6, 6.07) is 9.29. The van der Waals surface area contributed by atoms with Gasteiger partial charge in [-0.3, -0.25) is 0 Å². The van der Waals surface area contributed by atoms with Crippen molar-refractivity contribution in [2.75, 3.05) is 0 Å². The van der Waals surface area contributed by atoms with Crippen molar-refractivity contribution in [3.8, 4) is 0 Å². The molecule has 1 heteroatoms. The van der Waals surface area contributed by atoms with Crippen LogP contribution >= 0.6 is 0 Å². The molecular formula is C13H19N. The first kappa shape index (κ1) is 9.72. The van der Waals surface area contributed by atoms with Gasteiger partial charge in [0, 0.05) is 6.04 Å². The van der Waals surface area contributed by atoms with Crippen molar-refractivity contribution in [3.05, 3.63) is 35.4 Å². The van der Waals surface area contributed by atoms with Crippen LogP contribution in [-0.4, -0.2) is 6.04 Å². The predicted octanol–water partition coefficient (Wildman–Crippen LogP) is 2.66. The summed E-state index contributed by atoms with van der Waals surface area (Å²) in [5, 5.41) is 0. The molecule has 0 bridgehead atoms. The molecule has 1 aliphatic rings. The van der Waals surface area contributed by atoms with E-state index in [9.17, 15) is 0 Å². The molecule has 2 atom stereocenters. The first-order valence-corrected chi connectivity index (χ1v) is 5.57. The van der Waals surface area contributed by atoms with Gasteiger partial charge in [-0.05, 0) is 37.7 Å². The molecule has 1 aliphatic carbocycles. The van der Waals surface area contributed by atoms with Gasteiger partial charge in [0.15, 0.2) is 0 Å². The lowest BCUT2D eigenvalue weighted by Crippen LogP contribution is -2.25. The topological polar surface area (TPSA) is 26.0 Å². The van der Waals surface area contributed by atoms with Crippen molar-refractivity contribution in [3.63, 3.8) is 0 Å². The number of rotatable bonds is 2. The van der Waals surface area contributed by atoms with E-state index in [0.29, 0.717) is 6.04 Å². The summed E-state index contributed by atoms with van der Waals surface area (Å²) in [7, 11) is 0. The average Bonchev–Trinajstić information content (AvgIpc) is 2.56. The highest BCUT2D eigenvalue weighted by Crippen LogP contribution is 2.27. The zero-order valence-corrected chi connectivity index (χ0v) is 8.87. The van der Waals surface area contributed by atoms with Crippen LogP contribution in [0.5, 0.6) is 0 Å². The first-order chi connectivity index (χ1) is 6.75. The fourth-order valence-electron chi connectivity index (χ4n) is 2.35. The molecule has 1 nitrogen and oxygen atoms in total. The molecule has 76 valence electrons. The third kappa shape index (κ3) is 2.16. The molecule has 0 radical (unpaired) electrons. The van der Waals surface area contributed by atoms with Crippen LogP contribution in [-0.2, 0) is 6.42 Å². The van der Waals surface area contributed by atoms with Crippen LogP contribution < -0.4 is 5.73 Å². The largest absolute Gasteiger partial charge is 0.327 e. The Balaban J connectivity index is 2.00. The lowest BCUT2D eigenvalue weighted by atomic mass is 9.95. The molecule has 0 unspecified atom stereocenters. The van der Waals surface area contributed by atoms with E-state index in [0.717, 1.165) is 5.92 Å². The molecule has 0 amide bonds. The quantitative estimate of drug-likeness (QED) is 0.760. The normalized spacial score (nSPS) is 26.7. The van der Waals surface area contributed by atoms with Gasteiger partial charge >= 0.3 is 0 Å². The summed E-state index contributed by atoms with van der Waals surface area (Å²) >= 11 is 0. The second kappa shape index (κ2) is 4.14. The Kier molecular flexibility index (Phi) is 2.87. The van der Waals surface area contributed by atoms with Crippen LogP contribution in [0, 0.1) is 12.8 Å². The Morgan fingerprint density at radius 1 is 1.21 bits per heavy atom. The molecule has 0 aliphatic heterocycles. The molecule has 2 rings (SSSR count). The fourth-order valence-corrected chi connectivity index (χ4v) is 2.35. The molecule has 0 saturated heterocycles. The van der Waals surface area contributed by atoms with Gasteiger partial charge in [0.2, 0.25) is 0 Å². The molecule has 1 saturated carbocycles. The zero-order valence-electron chi connectivity index (χ0n) is 8.87. The number of hydrogen-bond donors (Lipinski definition) is 1. The Bertz CT molecular complexity index is 289. The van der Waals surface area contributed by atoms with E-state index < -0.39 is 0 Å². The SMILES string of the molecule is Cc1ccc(C[C@H]2CCC[C@H]2N)cc1. The van der Waals surface area contributed by atoms with E-state index >= 15 is 0 Å². The van der Waals surface area contributed by atoms with E-state index in [1.807, 2.05) is 0 Å². The van der Waals surface area contributed by atoms with Crippen LogP contribution in [0.1, 0.15) is 30.4 Å². The highest BCUT2D eigenvalue weighted by atomic mass is 14.7. The van der Waals surface area contributed by atoms with Gasteiger partial charge in [-0.25, -0.2) is 0 Å². The Hall–Kier alpha value is -0.820. The maximum Gasteiger partial charge on any atom is 0.00703 e. The summed E-state index contributed by atoms with van der Waals surface area (Å²) in [6.45, 7) is 2.13. The van der Waals surface area contributed by atoms with Crippen LogP contribution in [0.15, 0.2) is 24.3 Å². The highest BCUT2D eigenvalue weighted by Gasteiger charge is 2.23. The van der Waals surface area contributed by atoms with E-state index in [-0.39, 0.29) is 0 Å². The summed E-state index contributed by atoms with van der Waals surface area (Å²) in [4.78, 5) is 0. The van der Waals surface area contributed by atoms with Crippen molar-refractivity contribution in [2.45, 2.75) is 38.6 Å². The van der Waals surface area contributed by atoms with Gasteiger partial charge in [0.05, 0.1) is 0 Å². The van der Waals surface area contributed by atoms with Crippen LogP contribution in [0.2, 0.25) is 0 Å². The molecule has 1 aromatic carbocycles. The second-order valence-electron chi connectivity index (χ2n) is 4.54. The minimum atomic E-state index is 0.441. The number of hydrogen-bond acceptors (Lipinski definition) is 1. The van der Waals surface area contributed by atoms with Crippen LogP contribution in [0.3, 0.4) is 0 Å². The maximum atomic E-state index is 6.06. The van der Waals surface area contributed by atoms with Crippen molar-refractivity contribution >= 4 is 0 Å². The standard InChI is InChI=1S/C13H19N/c1-10-5-7-11(8-6-10)9-12-3-2-4-13(12)14/h5-8,12-13H,2-4,9,14H2,1H3/t12-,13-/m1/s1. The van der Waals surface area contributed by atoms with Gasteiger partial charge in [-0.1, -0.05) is 36.2 Å². The minimum absolute atomic E-state index is 0.441. The average molecular weight is 189 g/mol. The summed E-state index contributed by atoms with van der Waals surface area (Å²) in [6.07, 6.45) is 5.02. The van der Waals surface area contributed by atoms with E-state index in [4.69, 9.17) is 5.73 Å². The van der Waals surface area contributed by atoms with Crippen molar-refractivity contribution in [2.24, 2.45) is 11.7 Å².